The standard InChI is InChI=1S/C23H19N3O3S/c1-16(17-9-3-2-4-10-17)25-22(27)19-12-6-7-13-20(19)24-23(25)30-15-18-11-5-8-14-21(18)26(28)29/h2-14,16H,15H2,1H3/t16-/m0/s1. The van der Waals surface area contributed by atoms with E-state index in [1.165, 1.54) is 17.8 Å². The SMILES string of the molecule is C[C@@H](c1ccccc1)n1c(SCc2ccccc2[N+](=O)[O-])nc2ccccc2c1=O. The Bertz CT molecular complexity index is 1270. The highest BCUT2D eigenvalue weighted by Crippen LogP contribution is 2.30. The second-order valence-electron chi connectivity index (χ2n) is 6.85. The molecule has 0 aliphatic rings. The zero-order valence-corrected chi connectivity index (χ0v) is 17.1. The molecule has 6 nitrogen and oxygen atoms in total. The highest BCUT2D eigenvalue weighted by Gasteiger charge is 2.19. The Morgan fingerprint density at radius 1 is 1.00 bits per heavy atom. The van der Waals surface area contributed by atoms with Gasteiger partial charge in [0, 0.05) is 17.4 Å². The molecule has 0 saturated heterocycles. The molecule has 4 aromatic rings. The van der Waals surface area contributed by atoms with Crippen molar-refractivity contribution in [1.29, 1.82) is 0 Å². The third-order valence-corrected chi connectivity index (χ3v) is 5.99. The second kappa shape index (κ2) is 8.51. The summed E-state index contributed by atoms with van der Waals surface area (Å²) in [4.78, 5) is 29.0. The largest absolute Gasteiger partial charge is 0.280 e. The predicted molar refractivity (Wildman–Crippen MR) is 119 cm³/mol. The van der Waals surface area contributed by atoms with Crippen molar-refractivity contribution in [3.8, 4) is 0 Å². The van der Waals surface area contributed by atoms with Gasteiger partial charge in [-0.25, -0.2) is 4.98 Å². The number of thioether (sulfide) groups is 1. The summed E-state index contributed by atoms with van der Waals surface area (Å²) in [5.74, 6) is 0.337. The van der Waals surface area contributed by atoms with Crippen LogP contribution in [0.15, 0.2) is 88.8 Å². The van der Waals surface area contributed by atoms with E-state index < -0.39 is 0 Å². The number of hydrogen-bond donors (Lipinski definition) is 0. The lowest BCUT2D eigenvalue weighted by Crippen LogP contribution is -2.27. The van der Waals surface area contributed by atoms with Gasteiger partial charge in [0.1, 0.15) is 0 Å². The summed E-state index contributed by atoms with van der Waals surface area (Å²) in [6.07, 6.45) is 0. The predicted octanol–water partition coefficient (Wildman–Crippen LogP) is 5.21. The highest BCUT2D eigenvalue weighted by molar-refractivity contribution is 7.98. The van der Waals surface area contributed by atoms with E-state index in [1.54, 1.807) is 28.8 Å². The summed E-state index contributed by atoms with van der Waals surface area (Å²) >= 11 is 1.33. The molecule has 30 heavy (non-hydrogen) atoms. The molecule has 0 radical (unpaired) electrons. The van der Waals surface area contributed by atoms with Gasteiger partial charge in [-0.3, -0.25) is 19.5 Å². The maximum atomic E-state index is 13.4. The van der Waals surface area contributed by atoms with Crippen molar-refractivity contribution in [2.75, 3.05) is 0 Å². The van der Waals surface area contributed by atoms with Gasteiger partial charge in [-0.15, -0.1) is 0 Å². The second-order valence-corrected chi connectivity index (χ2v) is 7.79. The Kier molecular flexibility index (Phi) is 5.63. The van der Waals surface area contributed by atoms with Crippen LogP contribution in [-0.2, 0) is 5.75 Å². The fourth-order valence-corrected chi connectivity index (χ4v) is 4.47. The summed E-state index contributed by atoms with van der Waals surface area (Å²) < 4.78 is 1.68. The summed E-state index contributed by atoms with van der Waals surface area (Å²) in [6, 6.07) is 23.4. The molecule has 0 N–H and O–H groups in total. The fourth-order valence-electron chi connectivity index (χ4n) is 3.40. The van der Waals surface area contributed by atoms with Crippen LogP contribution in [0.25, 0.3) is 10.9 Å². The first kappa shape index (κ1) is 19.8. The van der Waals surface area contributed by atoms with Gasteiger partial charge in [0.25, 0.3) is 11.2 Å². The van der Waals surface area contributed by atoms with Crippen LogP contribution in [0.3, 0.4) is 0 Å². The number of nitro groups is 1. The Morgan fingerprint density at radius 2 is 1.67 bits per heavy atom. The lowest BCUT2D eigenvalue weighted by molar-refractivity contribution is -0.385. The zero-order valence-electron chi connectivity index (χ0n) is 16.3. The Labute approximate surface area is 177 Å². The fraction of sp³-hybridized carbons (Fsp3) is 0.130. The first-order valence-electron chi connectivity index (χ1n) is 9.47. The van der Waals surface area contributed by atoms with Crippen molar-refractivity contribution in [1.82, 2.24) is 9.55 Å². The topological polar surface area (TPSA) is 78.0 Å². The van der Waals surface area contributed by atoms with Crippen molar-refractivity contribution in [2.24, 2.45) is 0 Å². The molecule has 4 rings (SSSR count). The minimum Gasteiger partial charge on any atom is -0.280 e. The summed E-state index contributed by atoms with van der Waals surface area (Å²) in [6.45, 7) is 1.96. The van der Waals surface area contributed by atoms with Gasteiger partial charge in [0.15, 0.2) is 5.16 Å². The number of nitro benzene ring substituents is 1. The molecular weight excluding hydrogens is 398 g/mol. The molecule has 1 heterocycles. The molecule has 0 aliphatic heterocycles. The minimum atomic E-state index is -0.386. The normalized spacial score (nSPS) is 12.0. The molecule has 1 atom stereocenters. The number of rotatable bonds is 6. The van der Waals surface area contributed by atoms with Crippen molar-refractivity contribution < 1.29 is 4.92 Å². The Hall–Kier alpha value is -3.45. The number of aromatic nitrogens is 2. The van der Waals surface area contributed by atoms with Gasteiger partial charge in [0.05, 0.1) is 21.9 Å². The maximum Gasteiger partial charge on any atom is 0.273 e. The van der Waals surface area contributed by atoms with E-state index in [0.717, 1.165) is 5.56 Å². The van der Waals surface area contributed by atoms with Crippen molar-refractivity contribution in [2.45, 2.75) is 23.9 Å². The zero-order chi connectivity index (χ0) is 21.1. The third kappa shape index (κ3) is 3.84. The highest BCUT2D eigenvalue weighted by atomic mass is 32.2. The molecule has 0 fully saturated rings. The molecule has 0 bridgehead atoms. The first-order valence-corrected chi connectivity index (χ1v) is 10.5. The van der Waals surface area contributed by atoms with Gasteiger partial charge in [-0.05, 0) is 24.6 Å². The Morgan fingerprint density at radius 3 is 2.43 bits per heavy atom. The van der Waals surface area contributed by atoms with E-state index in [9.17, 15) is 14.9 Å². The van der Waals surface area contributed by atoms with Gasteiger partial charge in [-0.2, -0.15) is 0 Å². The molecule has 7 heteroatoms. The van der Waals surface area contributed by atoms with Crippen LogP contribution in [0.5, 0.6) is 0 Å². The van der Waals surface area contributed by atoms with E-state index in [2.05, 4.69) is 0 Å². The van der Waals surface area contributed by atoms with Gasteiger partial charge >= 0.3 is 0 Å². The van der Waals surface area contributed by atoms with E-state index >= 15 is 0 Å². The maximum absolute atomic E-state index is 13.4. The van der Waals surface area contributed by atoms with E-state index in [0.29, 0.717) is 27.4 Å². The van der Waals surface area contributed by atoms with Crippen LogP contribution >= 0.6 is 11.8 Å². The van der Waals surface area contributed by atoms with Gasteiger partial charge < -0.3 is 0 Å². The van der Waals surface area contributed by atoms with Crippen LogP contribution in [-0.4, -0.2) is 14.5 Å². The summed E-state index contributed by atoms with van der Waals surface area (Å²) in [5.41, 5.74) is 2.14. The quantitative estimate of drug-likeness (QED) is 0.186. The molecule has 0 unspecified atom stereocenters. The molecular formula is C23H19N3O3S. The summed E-state index contributed by atoms with van der Waals surface area (Å²) in [5, 5.41) is 12.4. The van der Waals surface area contributed by atoms with Crippen molar-refractivity contribution in [3.05, 3.63) is 110 Å². The first-order chi connectivity index (χ1) is 14.6. The van der Waals surface area contributed by atoms with Gasteiger partial charge in [0.2, 0.25) is 0 Å². The third-order valence-electron chi connectivity index (χ3n) is 4.99. The number of benzene rings is 3. The van der Waals surface area contributed by atoms with Crippen LogP contribution in [0.4, 0.5) is 5.69 Å². The Balaban J connectivity index is 1.80. The molecule has 1 aromatic heterocycles. The monoisotopic (exact) mass is 417 g/mol. The van der Waals surface area contributed by atoms with Crippen molar-refractivity contribution in [3.63, 3.8) is 0 Å². The van der Waals surface area contributed by atoms with Crippen LogP contribution < -0.4 is 5.56 Å². The van der Waals surface area contributed by atoms with E-state index in [-0.39, 0.29) is 22.2 Å². The molecule has 0 amide bonds. The number of hydrogen-bond acceptors (Lipinski definition) is 5. The smallest absolute Gasteiger partial charge is 0.273 e. The van der Waals surface area contributed by atoms with Crippen molar-refractivity contribution >= 4 is 28.4 Å². The molecule has 3 aromatic carbocycles. The van der Waals surface area contributed by atoms with Crippen LogP contribution in [0.2, 0.25) is 0 Å². The molecule has 0 spiro atoms. The van der Waals surface area contributed by atoms with E-state index in [4.69, 9.17) is 4.98 Å². The minimum absolute atomic E-state index is 0.0655. The van der Waals surface area contributed by atoms with Gasteiger partial charge in [-0.1, -0.05) is 72.4 Å². The van der Waals surface area contributed by atoms with E-state index in [1.807, 2.05) is 55.5 Å². The molecule has 0 aliphatic carbocycles. The average Bonchev–Trinajstić information content (AvgIpc) is 2.78. The average molecular weight is 417 g/mol. The van der Waals surface area contributed by atoms with Crippen LogP contribution in [0, 0.1) is 10.1 Å². The molecule has 0 saturated carbocycles. The number of fused-ring (bicyclic) bond motifs is 1. The lowest BCUT2D eigenvalue weighted by Gasteiger charge is -2.20. The number of para-hydroxylation sites is 2. The summed E-state index contributed by atoms with van der Waals surface area (Å²) in [7, 11) is 0. The lowest BCUT2D eigenvalue weighted by atomic mass is 10.1. The number of nitrogens with zero attached hydrogens (tertiary/aromatic N) is 3. The van der Waals surface area contributed by atoms with Crippen LogP contribution in [0.1, 0.15) is 24.1 Å². The molecule has 150 valence electrons.